The molecule has 0 aromatic heterocycles. The molecule has 0 radical (unpaired) electrons. The van der Waals surface area contributed by atoms with Gasteiger partial charge in [-0.1, -0.05) is 0 Å². The summed E-state index contributed by atoms with van der Waals surface area (Å²) in [5.74, 6) is 1.23. The molecular weight excluding hydrogens is 274 g/mol. The van der Waals surface area contributed by atoms with E-state index in [4.69, 9.17) is 5.26 Å². The van der Waals surface area contributed by atoms with Crippen LogP contribution in [0, 0.1) is 23.0 Å². The van der Waals surface area contributed by atoms with Crippen molar-refractivity contribution in [1.82, 2.24) is 0 Å². The van der Waals surface area contributed by atoms with E-state index in [0.29, 0.717) is 11.8 Å². The molecule has 1 unspecified atom stereocenters. The van der Waals surface area contributed by atoms with Crippen molar-refractivity contribution in [2.24, 2.45) is 0 Å². The molecule has 2 nitrogen and oxygen atoms in total. The molecule has 96 valence electrons. The first-order chi connectivity index (χ1) is 8.72. The average Bonchev–Trinajstić information content (AvgIpc) is 2.42. The molecule has 1 aliphatic rings. The Morgan fingerprint density at radius 1 is 1.33 bits per heavy atom. The highest BCUT2D eigenvalue weighted by molar-refractivity contribution is 8.06. The van der Waals surface area contributed by atoms with Crippen LogP contribution in [-0.2, 0) is 0 Å². The predicted molar refractivity (Wildman–Crippen MR) is 73.1 cm³/mol. The molecule has 1 aromatic carbocycles. The van der Waals surface area contributed by atoms with E-state index in [1.165, 1.54) is 12.1 Å². The smallest absolute Gasteiger partial charge is 0.183 e. The zero-order valence-corrected chi connectivity index (χ0v) is 11.2. The van der Waals surface area contributed by atoms with Gasteiger partial charge >= 0.3 is 0 Å². The van der Waals surface area contributed by atoms with Crippen molar-refractivity contribution in [3.63, 3.8) is 0 Å². The third kappa shape index (κ3) is 3.09. The first-order valence-corrected chi connectivity index (χ1v) is 7.74. The Morgan fingerprint density at radius 2 is 2.17 bits per heavy atom. The number of rotatable bonds is 3. The fourth-order valence-electron chi connectivity index (χ4n) is 1.65. The summed E-state index contributed by atoms with van der Waals surface area (Å²) in [6, 6.07) is 4.33. The molecule has 1 atom stereocenters. The zero-order valence-electron chi connectivity index (χ0n) is 9.58. The second-order valence-corrected chi connectivity index (χ2v) is 6.41. The topological polar surface area (TPSA) is 35.8 Å². The molecular formula is C12H12F2N2S2. The Balaban J connectivity index is 2.01. The van der Waals surface area contributed by atoms with Crippen LogP contribution in [-0.4, -0.2) is 29.1 Å². The highest BCUT2D eigenvalue weighted by Crippen LogP contribution is 2.25. The Kier molecular flexibility index (Phi) is 4.72. The van der Waals surface area contributed by atoms with Crippen molar-refractivity contribution in [3.05, 3.63) is 29.3 Å². The van der Waals surface area contributed by atoms with E-state index in [2.05, 4.69) is 5.32 Å². The molecule has 0 amide bonds. The van der Waals surface area contributed by atoms with Crippen LogP contribution in [0.1, 0.15) is 5.56 Å². The molecule has 6 heteroatoms. The van der Waals surface area contributed by atoms with E-state index in [1.807, 2.05) is 23.5 Å². The number of benzene rings is 1. The SMILES string of the molecule is N#Cc1ccc(NCC2CSCCS2)c(F)c1F. The second kappa shape index (κ2) is 6.30. The minimum atomic E-state index is -1.08. The van der Waals surface area contributed by atoms with Gasteiger partial charge in [-0.25, -0.2) is 8.78 Å². The van der Waals surface area contributed by atoms with Gasteiger partial charge in [-0.2, -0.15) is 28.8 Å². The molecule has 1 heterocycles. The molecule has 0 aliphatic carbocycles. The van der Waals surface area contributed by atoms with E-state index in [0.717, 1.165) is 17.3 Å². The maximum atomic E-state index is 13.6. The number of nitrogens with zero attached hydrogens (tertiary/aromatic N) is 1. The first-order valence-electron chi connectivity index (χ1n) is 5.53. The number of anilines is 1. The lowest BCUT2D eigenvalue weighted by atomic mass is 10.2. The van der Waals surface area contributed by atoms with Crippen molar-refractivity contribution < 1.29 is 8.78 Å². The van der Waals surface area contributed by atoms with Crippen LogP contribution in [0.3, 0.4) is 0 Å². The fraction of sp³-hybridized carbons (Fsp3) is 0.417. The fourth-order valence-corrected chi connectivity index (χ4v) is 4.26. The van der Waals surface area contributed by atoms with Crippen LogP contribution in [0.5, 0.6) is 0 Å². The number of hydrogen-bond acceptors (Lipinski definition) is 4. The van der Waals surface area contributed by atoms with Crippen LogP contribution in [0.15, 0.2) is 12.1 Å². The first kappa shape index (κ1) is 13.5. The molecule has 0 bridgehead atoms. The molecule has 1 N–H and O–H groups in total. The normalized spacial score (nSPS) is 19.3. The maximum absolute atomic E-state index is 13.6. The third-order valence-corrected chi connectivity index (χ3v) is 5.45. The summed E-state index contributed by atoms with van der Waals surface area (Å²) in [4.78, 5) is 0. The van der Waals surface area contributed by atoms with Crippen molar-refractivity contribution >= 4 is 29.2 Å². The molecule has 1 fully saturated rings. The quantitative estimate of drug-likeness (QED) is 0.926. The van der Waals surface area contributed by atoms with Crippen LogP contribution in [0.4, 0.5) is 14.5 Å². The summed E-state index contributed by atoms with van der Waals surface area (Å²) in [5, 5.41) is 11.9. The summed E-state index contributed by atoms with van der Waals surface area (Å²) in [5.41, 5.74) is -0.136. The van der Waals surface area contributed by atoms with E-state index in [9.17, 15) is 8.78 Å². The average molecular weight is 286 g/mol. The third-order valence-electron chi connectivity index (χ3n) is 2.61. The lowest BCUT2D eigenvalue weighted by Crippen LogP contribution is -2.23. The molecule has 1 aliphatic heterocycles. The summed E-state index contributed by atoms with van der Waals surface area (Å²) in [7, 11) is 0. The number of nitrogens with one attached hydrogen (secondary N) is 1. The summed E-state index contributed by atoms with van der Waals surface area (Å²) < 4.78 is 27.0. The van der Waals surface area contributed by atoms with Crippen LogP contribution >= 0.6 is 23.5 Å². The van der Waals surface area contributed by atoms with E-state index in [-0.39, 0.29) is 11.3 Å². The Labute approximate surface area is 113 Å². The van der Waals surface area contributed by atoms with Gasteiger partial charge in [0.25, 0.3) is 0 Å². The Hall–Kier alpha value is -0.930. The van der Waals surface area contributed by atoms with E-state index >= 15 is 0 Å². The number of halogens is 2. The van der Waals surface area contributed by atoms with Crippen LogP contribution in [0.25, 0.3) is 0 Å². The highest BCUT2D eigenvalue weighted by Gasteiger charge is 2.17. The van der Waals surface area contributed by atoms with Crippen molar-refractivity contribution in [2.45, 2.75) is 5.25 Å². The van der Waals surface area contributed by atoms with Gasteiger partial charge < -0.3 is 5.32 Å². The monoisotopic (exact) mass is 286 g/mol. The zero-order chi connectivity index (χ0) is 13.0. The molecule has 1 saturated heterocycles. The second-order valence-electron chi connectivity index (χ2n) is 3.85. The number of thioether (sulfide) groups is 2. The number of nitriles is 1. The van der Waals surface area contributed by atoms with Gasteiger partial charge in [-0.05, 0) is 12.1 Å². The van der Waals surface area contributed by atoms with Crippen molar-refractivity contribution in [2.75, 3.05) is 29.1 Å². The standard InChI is InChI=1S/C12H12F2N2S2/c13-11-8(5-15)1-2-10(12(11)14)16-6-9-7-17-3-4-18-9/h1-2,9,16H,3-4,6-7H2. The summed E-state index contributed by atoms with van der Waals surface area (Å²) >= 11 is 3.73. The van der Waals surface area contributed by atoms with Gasteiger partial charge in [0, 0.05) is 29.1 Å². The predicted octanol–water partition coefficient (Wildman–Crippen LogP) is 3.10. The largest absolute Gasteiger partial charge is 0.381 e. The van der Waals surface area contributed by atoms with Gasteiger partial charge in [0.2, 0.25) is 0 Å². The van der Waals surface area contributed by atoms with E-state index in [1.54, 1.807) is 6.07 Å². The number of hydrogen-bond donors (Lipinski definition) is 1. The van der Waals surface area contributed by atoms with Gasteiger partial charge in [0.1, 0.15) is 6.07 Å². The van der Waals surface area contributed by atoms with Gasteiger partial charge in [0.15, 0.2) is 11.6 Å². The van der Waals surface area contributed by atoms with Crippen molar-refractivity contribution in [3.8, 4) is 6.07 Å². The highest BCUT2D eigenvalue weighted by atomic mass is 32.2. The molecule has 0 saturated carbocycles. The molecule has 1 aromatic rings. The summed E-state index contributed by atoms with van der Waals surface area (Å²) in [6.45, 7) is 0.611. The molecule has 18 heavy (non-hydrogen) atoms. The lowest BCUT2D eigenvalue weighted by Gasteiger charge is -2.21. The van der Waals surface area contributed by atoms with Gasteiger partial charge in [-0.15, -0.1) is 0 Å². The van der Waals surface area contributed by atoms with Crippen LogP contribution in [0.2, 0.25) is 0 Å². The maximum Gasteiger partial charge on any atom is 0.183 e. The summed E-state index contributed by atoms with van der Waals surface area (Å²) in [6.07, 6.45) is 0. The van der Waals surface area contributed by atoms with Crippen LogP contribution < -0.4 is 5.32 Å². The Bertz CT molecular complexity index is 468. The minimum Gasteiger partial charge on any atom is -0.381 e. The lowest BCUT2D eigenvalue weighted by molar-refractivity contribution is 0.508. The van der Waals surface area contributed by atoms with E-state index < -0.39 is 11.6 Å². The van der Waals surface area contributed by atoms with Gasteiger partial charge in [-0.3, -0.25) is 0 Å². The Morgan fingerprint density at radius 3 is 2.83 bits per heavy atom. The van der Waals surface area contributed by atoms with Gasteiger partial charge in [0.05, 0.1) is 11.3 Å². The molecule has 2 rings (SSSR count). The molecule has 0 spiro atoms. The minimum absolute atomic E-state index is 0.127. The van der Waals surface area contributed by atoms with Crippen molar-refractivity contribution in [1.29, 1.82) is 5.26 Å².